The number of aryl methyl sites for hydroxylation is 1. The number of hydrogen-bond donors (Lipinski definition) is 1. The van der Waals surface area contributed by atoms with E-state index in [1.807, 2.05) is 17.9 Å². The quantitative estimate of drug-likeness (QED) is 0.854. The van der Waals surface area contributed by atoms with Crippen LogP contribution in [-0.2, 0) is 13.6 Å². The summed E-state index contributed by atoms with van der Waals surface area (Å²) in [6.07, 6.45) is 4.53. The summed E-state index contributed by atoms with van der Waals surface area (Å²) in [7, 11) is 4.06. The van der Waals surface area contributed by atoms with Gasteiger partial charge in [0.1, 0.15) is 0 Å². The van der Waals surface area contributed by atoms with Crippen molar-refractivity contribution in [3.8, 4) is 0 Å². The largest absolute Gasteiger partial charge is 0.317 e. The summed E-state index contributed by atoms with van der Waals surface area (Å²) in [5, 5.41) is 7.90. The lowest BCUT2D eigenvalue weighted by Gasteiger charge is -2.37. The van der Waals surface area contributed by atoms with Crippen molar-refractivity contribution >= 4 is 0 Å². The minimum Gasteiger partial charge on any atom is -0.317 e. The zero-order valence-corrected chi connectivity index (χ0v) is 11.2. The molecule has 0 bridgehead atoms. The van der Waals surface area contributed by atoms with Gasteiger partial charge in [-0.3, -0.25) is 9.58 Å². The van der Waals surface area contributed by atoms with Crippen molar-refractivity contribution < 1.29 is 0 Å². The van der Waals surface area contributed by atoms with Crippen LogP contribution in [-0.4, -0.2) is 40.9 Å². The topological polar surface area (TPSA) is 33.1 Å². The molecule has 0 saturated carbocycles. The van der Waals surface area contributed by atoms with Gasteiger partial charge in [-0.25, -0.2) is 0 Å². The molecule has 1 saturated heterocycles. The van der Waals surface area contributed by atoms with E-state index in [2.05, 4.69) is 35.4 Å². The molecule has 1 N–H and O–H groups in total. The van der Waals surface area contributed by atoms with Crippen LogP contribution in [0.4, 0.5) is 0 Å². The zero-order valence-electron chi connectivity index (χ0n) is 11.2. The fourth-order valence-electron chi connectivity index (χ4n) is 2.82. The van der Waals surface area contributed by atoms with E-state index in [-0.39, 0.29) is 0 Å². The first kappa shape index (κ1) is 12.6. The average Bonchev–Trinajstić information content (AvgIpc) is 2.74. The van der Waals surface area contributed by atoms with Crippen molar-refractivity contribution in [2.45, 2.75) is 32.4 Å². The molecular formula is C13H24N4. The highest BCUT2D eigenvalue weighted by Crippen LogP contribution is 2.21. The third-order valence-electron chi connectivity index (χ3n) is 3.87. The third kappa shape index (κ3) is 3.07. The molecule has 1 aromatic rings. The molecule has 0 aromatic carbocycles. The lowest BCUT2D eigenvalue weighted by molar-refractivity contribution is 0.131. The number of rotatable bonds is 4. The van der Waals surface area contributed by atoms with Crippen molar-refractivity contribution in [3.63, 3.8) is 0 Å². The molecule has 2 rings (SSSR count). The second-order valence-corrected chi connectivity index (χ2v) is 5.07. The van der Waals surface area contributed by atoms with Crippen molar-refractivity contribution in [1.29, 1.82) is 0 Å². The maximum absolute atomic E-state index is 4.45. The van der Waals surface area contributed by atoms with Gasteiger partial charge in [0.2, 0.25) is 0 Å². The number of likely N-dealkylation sites (tertiary alicyclic amines) is 1. The Morgan fingerprint density at radius 1 is 1.53 bits per heavy atom. The van der Waals surface area contributed by atoms with Gasteiger partial charge in [-0.1, -0.05) is 13.3 Å². The Kier molecular flexibility index (Phi) is 4.18. The van der Waals surface area contributed by atoms with Crippen LogP contribution in [0.3, 0.4) is 0 Å². The molecule has 0 radical (unpaired) electrons. The Hall–Kier alpha value is -0.870. The summed E-state index contributed by atoms with van der Waals surface area (Å²) in [6, 6.07) is 2.81. The molecule has 2 heterocycles. The van der Waals surface area contributed by atoms with Crippen molar-refractivity contribution in [3.05, 3.63) is 18.0 Å². The van der Waals surface area contributed by atoms with E-state index >= 15 is 0 Å². The lowest BCUT2D eigenvalue weighted by Crippen LogP contribution is -2.47. The summed E-state index contributed by atoms with van der Waals surface area (Å²) in [6.45, 7) is 5.66. The van der Waals surface area contributed by atoms with Crippen LogP contribution >= 0.6 is 0 Å². The van der Waals surface area contributed by atoms with Crippen LogP contribution in [0.2, 0.25) is 0 Å². The molecule has 0 spiro atoms. The number of aromatic nitrogens is 2. The minimum atomic E-state index is 0.694. The summed E-state index contributed by atoms with van der Waals surface area (Å²) in [5.41, 5.74) is 1.19. The van der Waals surface area contributed by atoms with Crippen LogP contribution in [0.15, 0.2) is 12.3 Å². The molecule has 96 valence electrons. The normalized spacial score (nSPS) is 26.3. The molecule has 0 amide bonds. The summed E-state index contributed by atoms with van der Waals surface area (Å²) < 4.78 is 1.88. The lowest BCUT2D eigenvalue weighted by atomic mass is 9.90. The van der Waals surface area contributed by atoms with E-state index in [0.717, 1.165) is 12.5 Å². The fourth-order valence-corrected chi connectivity index (χ4v) is 2.82. The van der Waals surface area contributed by atoms with Gasteiger partial charge in [-0.05, 0) is 25.5 Å². The average molecular weight is 236 g/mol. The van der Waals surface area contributed by atoms with Crippen LogP contribution in [0.1, 0.15) is 25.5 Å². The molecule has 4 nitrogen and oxygen atoms in total. The minimum absolute atomic E-state index is 0.694. The first-order valence-corrected chi connectivity index (χ1v) is 6.61. The van der Waals surface area contributed by atoms with Gasteiger partial charge in [0.05, 0.1) is 5.69 Å². The molecule has 17 heavy (non-hydrogen) atoms. The van der Waals surface area contributed by atoms with E-state index in [9.17, 15) is 0 Å². The molecule has 0 aliphatic carbocycles. The first-order valence-electron chi connectivity index (χ1n) is 6.61. The van der Waals surface area contributed by atoms with Gasteiger partial charge in [0, 0.05) is 38.9 Å². The highest BCUT2D eigenvalue weighted by Gasteiger charge is 2.26. The monoisotopic (exact) mass is 236 g/mol. The summed E-state index contributed by atoms with van der Waals surface area (Å²) in [4.78, 5) is 2.53. The summed E-state index contributed by atoms with van der Waals surface area (Å²) in [5.74, 6) is 0.775. The molecule has 4 heteroatoms. The predicted molar refractivity (Wildman–Crippen MR) is 69.7 cm³/mol. The van der Waals surface area contributed by atoms with E-state index in [1.165, 1.54) is 31.6 Å². The zero-order chi connectivity index (χ0) is 12.3. The third-order valence-corrected chi connectivity index (χ3v) is 3.87. The summed E-state index contributed by atoms with van der Waals surface area (Å²) >= 11 is 0. The van der Waals surface area contributed by atoms with E-state index in [4.69, 9.17) is 0 Å². The second-order valence-electron chi connectivity index (χ2n) is 5.07. The number of hydrogen-bond acceptors (Lipinski definition) is 3. The van der Waals surface area contributed by atoms with Crippen molar-refractivity contribution in [2.24, 2.45) is 13.0 Å². The fraction of sp³-hybridized carbons (Fsp3) is 0.769. The molecule has 1 aliphatic rings. The predicted octanol–water partition coefficient (Wildman–Crippen LogP) is 1.24. The Labute approximate surface area is 104 Å². The molecule has 1 fully saturated rings. The van der Waals surface area contributed by atoms with Crippen molar-refractivity contribution in [2.75, 3.05) is 20.1 Å². The van der Waals surface area contributed by atoms with Crippen molar-refractivity contribution in [1.82, 2.24) is 20.0 Å². The van der Waals surface area contributed by atoms with Gasteiger partial charge in [0.25, 0.3) is 0 Å². The van der Waals surface area contributed by atoms with Gasteiger partial charge < -0.3 is 5.32 Å². The van der Waals surface area contributed by atoms with Crippen LogP contribution < -0.4 is 5.32 Å². The second kappa shape index (κ2) is 5.65. The van der Waals surface area contributed by atoms with Crippen LogP contribution in [0.5, 0.6) is 0 Å². The molecule has 1 aromatic heterocycles. The molecular weight excluding hydrogens is 212 g/mol. The van der Waals surface area contributed by atoms with Gasteiger partial charge in [-0.2, -0.15) is 5.10 Å². The van der Waals surface area contributed by atoms with E-state index in [1.54, 1.807) is 0 Å². The van der Waals surface area contributed by atoms with Gasteiger partial charge in [0.15, 0.2) is 0 Å². The molecule has 2 unspecified atom stereocenters. The number of nitrogens with zero attached hydrogens (tertiary/aromatic N) is 3. The maximum atomic E-state index is 4.45. The number of piperidine rings is 1. The maximum Gasteiger partial charge on any atom is 0.0764 e. The standard InChI is InChI=1S/C13H24N4/c1-4-11-9-17(8-6-13(11)14-2)10-12-5-7-16(3)15-12/h5,7,11,13-14H,4,6,8-10H2,1-3H3. The van der Waals surface area contributed by atoms with E-state index in [0.29, 0.717) is 6.04 Å². The Balaban J connectivity index is 1.91. The SMILES string of the molecule is CCC1CN(Cc2ccn(C)n2)CCC1NC. The Bertz CT molecular complexity index is 347. The Morgan fingerprint density at radius 2 is 2.35 bits per heavy atom. The van der Waals surface area contributed by atoms with Gasteiger partial charge >= 0.3 is 0 Å². The first-order chi connectivity index (χ1) is 8.22. The molecule has 1 aliphatic heterocycles. The molecule has 2 atom stereocenters. The highest BCUT2D eigenvalue weighted by atomic mass is 15.3. The van der Waals surface area contributed by atoms with Crippen LogP contribution in [0, 0.1) is 5.92 Å². The van der Waals surface area contributed by atoms with Gasteiger partial charge in [-0.15, -0.1) is 0 Å². The highest BCUT2D eigenvalue weighted by molar-refractivity contribution is 4.99. The van der Waals surface area contributed by atoms with E-state index < -0.39 is 0 Å². The Morgan fingerprint density at radius 3 is 2.94 bits per heavy atom. The number of nitrogens with one attached hydrogen (secondary N) is 1. The van der Waals surface area contributed by atoms with Crippen LogP contribution in [0.25, 0.3) is 0 Å². The smallest absolute Gasteiger partial charge is 0.0764 e.